The molecule has 0 N–H and O–H groups in total. The maximum atomic E-state index is 14.5. The predicted molar refractivity (Wildman–Crippen MR) is 71.8 cm³/mol. The van der Waals surface area contributed by atoms with Gasteiger partial charge in [-0.05, 0) is 0 Å². The fraction of sp³-hybridized carbons (Fsp3) is 0.750. The van der Waals surface area contributed by atoms with Gasteiger partial charge in [-0.2, -0.15) is 57.1 Å². The molecule has 0 bridgehead atoms. The standard InChI is InChI=1S/C12H9F13O6Si/c1-4(26)29-32(30-5(2)27,31-6(3)28)12(24,25)10(19,20)8(15,16)7(13,14)9(17,18)11(21,22)23/h1-3H3. The van der Waals surface area contributed by atoms with Gasteiger partial charge in [-0.25, -0.2) is 0 Å². The van der Waals surface area contributed by atoms with Crippen LogP contribution in [-0.2, 0) is 27.7 Å². The molecule has 0 aliphatic rings. The van der Waals surface area contributed by atoms with Gasteiger partial charge in [0.05, 0.1) is 0 Å². The van der Waals surface area contributed by atoms with Gasteiger partial charge >= 0.3 is 44.2 Å². The molecule has 0 saturated carbocycles. The lowest BCUT2D eigenvalue weighted by atomic mass is 9.98. The van der Waals surface area contributed by atoms with Crippen molar-refractivity contribution in [3.05, 3.63) is 0 Å². The van der Waals surface area contributed by atoms with E-state index in [1.54, 1.807) is 0 Å². The average molecular weight is 524 g/mol. The second-order valence-electron chi connectivity index (χ2n) is 5.71. The number of hydrogen-bond acceptors (Lipinski definition) is 6. The van der Waals surface area contributed by atoms with Gasteiger partial charge in [0.15, 0.2) is 0 Å². The average Bonchev–Trinajstić information content (AvgIpc) is 2.50. The van der Waals surface area contributed by atoms with Crippen LogP contribution in [0.15, 0.2) is 0 Å². The Morgan fingerprint density at radius 3 is 0.969 bits per heavy atom. The Bertz CT molecular complexity index is 722. The first-order valence-corrected chi connectivity index (χ1v) is 9.02. The maximum Gasteiger partial charge on any atom is 0.786 e. The summed E-state index contributed by atoms with van der Waals surface area (Å²) in [5, 5.41) is 0. The molecule has 0 aromatic carbocycles. The van der Waals surface area contributed by atoms with Crippen LogP contribution in [0.25, 0.3) is 0 Å². The molecule has 0 aromatic heterocycles. The van der Waals surface area contributed by atoms with E-state index >= 15 is 0 Å². The van der Waals surface area contributed by atoms with E-state index in [0.717, 1.165) is 0 Å². The highest BCUT2D eigenvalue weighted by atomic mass is 28.4. The third-order valence-corrected chi connectivity index (χ3v) is 5.90. The Morgan fingerprint density at radius 1 is 0.500 bits per heavy atom. The zero-order chi connectivity index (χ0) is 26.4. The summed E-state index contributed by atoms with van der Waals surface area (Å²) in [7, 11) is -7.61. The fourth-order valence-corrected chi connectivity index (χ4v) is 3.97. The van der Waals surface area contributed by atoms with Crippen molar-refractivity contribution in [3.8, 4) is 0 Å². The number of carbonyl (C=O) groups is 3. The van der Waals surface area contributed by atoms with Crippen molar-refractivity contribution in [1.82, 2.24) is 0 Å². The summed E-state index contributed by atoms with van der Waals surface area (Å²) in [4.78, 5) is 32.9. The van der Waals surface area contributed by atoms with E-state index in [9.17, 15) is 71.5 Å². The molecule has 0 amide bonds. The van der Waals surface area contributed by atoms with Gasteiger partial charge in [-0.1, -0.05) is 0 Å². The first-order valence-electron chi connectivity index (χ1n) is 7.29. The molecule has 20 heteroatoms. The minimum Gasteiger partial charge on any atom is -0.452 e. The molecule has 0 heterocycles. The molecule has 32 heavy (non-hydrogen) atoms. The summed E-state index contributed by atoms with van der Waals surface area (Å²) in [5.74, 6) is -39.3. The SMILES string of the molecule is CC(=O)O[Si](OC(C)=O)(OC(C)=O)C(F)(F)C(F)(F)C(F)(F)C(F)(F)C(F)(F)C(F)(F)F. The molecule has 0 spiro atoms. The molecule has 0 aliphatic heterocycles. The number of rotatable bonds is 8. The highest BCUT2D eigenvalue weighted by Gasteiger charge is 2.97. The van der Waals surface area contributed by atoms with Crippen LogP contribution in [0, 0.1) is 0 Å². The van der Waals surface area contributed by atoms with Crippen LogP contribution in [-0.4, -0.2) is 62.1 Å². The van der Waals surface area contributed by atoms with E-state index < -0.39 is 62.1 Å². The topological polar surface area (TPSA) is 78.9 Å². The molecule has 0 atom stereocenters. The Labute approximate surface area is 168 Å². The second kappa shape index (κ2) is 8.25. The first kappa shape index (κ1) is 29.7. The molecule has 0 fully saturated rings. The van der Waals surface area contributed by atoms with Crippen LogP contribution in [0.4, 0.5) is 57.1 Å². The summed E-state index contributed by atoms with van der Waals surface area (Å²) in [6.45, 7) is 0.147. The van der Waals surface area contributed by atoms with Gasteiger partial charge in [0.25, 0.3) is 17.9 Å². The van der Waals surface area contributed by atoms with E-state index in [2.05, 4.69) is 13.3 Å². The zero-order valence-electron chi connectivity index (χ0n) is 15.4. The Kier molecular flexibility index (Phi) is 7.66. The van der Waals surface area contributed by atoms with Crippen molar-refractivity contribution in [2.75, 3.05) is 0 Å². The molecule has 0 aliphatic carbocycles. The number of halogens is 13. The van der Waals surface area contributed by atoms with Crippen molar-refractivity contribution >= 4 is 26.7 Å². The highest BCUT2D eigenvalue weighted by Crippen LogP contribution is 2.61. The van der Waals surface area contributed by atoms with Crippen molar-refractivity contribution in [2.45, 2.75) is 56.2 Å². The lowest BCUT2D eigenvalue weighted by Gasteiger charge is -2.42. The van der Waals surface area contributed by atoms with Crippen LogP contribution in [0.1, 0.15) is 20.8 Å². The third-order valence-electron chi connectivity index (χ3n) is 3.15. The van der Waals surface area contributed by atoms with E-state index in [0.29, 0.717) is 0 Å². The summed E-state index contributed by atoms with van der Waals surface area (Å²) in [6, 6.07) is 0. The Morgan fingerprint density at radius 2 is 0.750 bits per heavy atom. The van der Waals surface area contributed by atoms with Crippen LogP contribution >= 0.6 is 0 Å². The molecule has 0 aromatic rings. The lowest BCUT2D eigenvalue weighted by Crippen LogP contribution is -2.77. The number of alkyl halides is 13. The molecule has 0 rings (SSSR count). The lowest BCUT2D eigenvalue weighted by molar-refractivity contribution is -0.436. The van der Waals surface area contributed by atoms with Gasteiger partial charge in [-0.15, -0.1) is 0 Å². The van der Waals surface area contributed by atoms with Crippen LogP contribution < -0.4 is 0 Å². The smallest absolute Gasteiger partial charge is 0.452 e. The van der Waals surface area contributed by atoms with Gasteiger partial charge in [0.2, 0.25) is 0 Å². The van der Waals surface area contributed by atoms with Gasteiger partial charge in [-0.3, -0.25) is 14.4 Å². The number of hydrogen-bond donors (Lipinski definition) is 0. The minimum absolute atomic E-state index is 0.0491. The van der Waals surface area contributed by atoms with E-state index in [1.165, 1.54) is 0 Å². The van der Waals surface area contributed by atoms with Crippen LogP contribution in [0.5, 0.6) is 0 Å². The van der Waals surface area contributed by atoms with E-state index in [-0.39, 0.29) is 20.8 Å². The summed E-state index contributed by atoms with van der Waals surface area (Å²) < 4.78 is 183. The molecule has 188 valence electrons. The molecule has 0 unspecified atom stereocenters. The predicted octanol–water partition coefficient (Wildman–Crippen LogP) is 3.89. The van der Waals surface area contributed by atoms with Crippen LogP contribution in [0.2, 0.25) is 0 Å². The van der Waals surface area contributed by atoms with E-state index in [1.807, 2.05) is 0 Å². The number of carbonyl (C=O) groups excluding carboxylic acids is 3. The van der Waals surface area contributed by atoms with Gasteiger partial charge in [0, 0.05) is 20.8 Å². The monoisotopic (exact) mass is 524 g/mol. The third kappa shape index (κ3) is 4.44. The highest BCUT2D eigenvalue weighted by molar-refractivity contribution is 6.68. The zero-order valence-corrected chi connectivity index (χ0v) is 16.4. The summed E-state index contributed by atoms with van der Waals surface area (Å²) in [5.41, 5.74) is -7.27. The van der Waals surface area contributed by atoms with Gasteiger partial charge in [0.1, 0.15) is 0 Å². The largest absolute Gasteiger partial charge is 0.786 e. The van der Waals surface area contributed by atoms with Crippen molar-refractivity contribution in [1.29, 1.82) is 0 Å². The fourth-order valence-electron chi connectivity index (χ4n) is 1.78. The molecular weight excluding hydrogens is 515 g/mol. The van der Waals surface area contributed by atoms with E-state index in [4.69, 9.17) is 0 Å². The molecular formula is C12H9F13O6Si. The Balaban J connectivity index is 7.14. The van der Waals surface area contributed by atoms with Gasteiger partial charge < -0.3 is 13.3 Å². The van der Waals surface area contributed by atoms with Crippen molar-refractivity contribution in [3.63, 3.8) is 0 Å². The molecule has 6 nitrogen and oxygen atoms in total. The van der Waals surface area contributed by atoms with Crippen molar-refractivity contribution in [2.24, 2.45) is 0 Å². The normalized spacial score (nSPS) is 14.6. The van der Waals surface area contributed by atoms with Crippen molar-refractivity contribution < 1.29 is 84.7 Å². The second-order valence-corrected chi connectivity index (χ2v) is 8.06. The summed E-state index contributed by atoms with van der Waals surface area (Å²) in [6.07, 6.45) is -7.65. The quantitative estimate of drug-likeness (QED) is 0.354. The maximum absolute atomic E-state index is 14.5. The summed E-state index contributed by atoms with van der Waals surface area (Å²) >= 11 is 0. The Hall–Kier alpha value is -2.28. The van der Waals surface area contributed by atoms with Crippen LogP contribution in [0.3, 0.4) is 0 Å². The first-order chi connectivity index (χ1) is 13.7. The minimum atomic E-state index is -8.29. The molecule has 0 saturated heterocycles. The molecule has 0 radical (unpaired) electrons.